The Balaban J connectivity index is 1.68. The van der Waals surface area contributed by atoms with E-state index < -0.39 is 17.6 Å². The van der Waals surface area contributed by atoms with Gasteiger partial charge in [0.15, 0.2) is 0 Å². The summed E-state index contributed by atoms with van der Waals surface area (Å²) in [6.45, 7) is 1.90. The van der Waals surface area contributed by atoms with Gasteiger partial charge in [-0.2, -0.15) is 0 Å². The minimum Gasteiger partial charge on any atom is -0.448 e. The molecular formula is C14H21N3O5. The zero-order valence-electron chi connectivity index (χ0n) is 12.4. The summed E-state index contributed by atoms with van der Waals surface area (Å²) in [4.78, 5) is 39.0. The van der Waals surface area contributed by atoms with Crippen molar-refractivity contribution in [1.29, 1.82) is 0 Å². The Morgan fingerprint density at radius 2 is 2.23 bits per heavy atom. The van der Waals surface area contributed by atoms with Crippen LogP contribution < -0.4 is 5.32 Å². The number of hydrogen-bond acceptors (Lipinski definition) is 5. The van der Waals surface area contributed by atoms with Gasteiger partial charge in [-0.25, -0.2) is 4.79 Å². The molecule has 3 saturated heterocycles. The van der Waals surface area contributed by atoms with E-state index in [9.17, 15) is 19.5 Å². The first-order valence-electron chi connectivity index (χ1n) is 7.69. The number of carbonyl (C=O) groups excluding carboxylic acids is 3. The second-order valence-electron chi connectivity index (χ2n) is 6.17. The average molecular weight is 311 g/mol. The Morgan fingerprint density at radius 1 is 1.41 bits per heavy atom. The molecule has 0 radical (unpaired) electrons. The highest BCUT2D eigenvalue weighted by atomic mass is 16.6. The van der Waals surface area contributed by atoms with Crippen LogP contribution in [0.1, 0.15) is 19.3 Å². The van der Waals surface area contributed by atoms with E-state index in [1.807, 2.05) is 0 Å². The lowest BCUT2D eigenvalue weighted by Gasteiger charge is -2.47. The van der Waals surface area contributed by atoms with Gasteiger partial charge in [-0.05, 0) is 19.3 Å². The lowest BCUT2D eigenvalue weighted by molar-refractivity contribution is -0.154. The number of ether oxygens (including phenoxy) is 1. The van der Waals surface area contributed by atoms with Gasteiger partial charge in [0.25, 0.3) is 0 Å². The summed E-state index contributed by atoms with van der Waals surface area (Å²) in [6.07, 6.45) is 0.548. The first kappa shape index (κ1) is 15.1. The third-order valence-electron chi connectivity index (χ3n) is 4.84. The van der Waals surface area contributed by atoms with Crippen LogP contribution in [-0.2, 0) is 14.3 Å². The number of rotatable bonds is 2. The molecule has 22 heavy (non-hydrogen) atoms. The average Bonchev–Trinajstić information content (AvgIpc) is 2.90. The van der Waals surface area contributed by atoms with E-state index >= 15 is 0 Å². The smallest absolute Gasteiger partial charge is 0.410 e. The van der Waals surface area contributed by atoms with E-state index in [0.29, 0.717) is 39.1 Å². The maximum absolute atomic E-state index is 12.4. The van der Waals surface area contributed by atoms with Crippen LogP contribution in [0.5, 0.6) is 0 Å². The van der Waals surface area contributed by atoms with Crippen LogP contribution in [-0.4, -0.2) is 78.2 Å². The van der Waals surface area contributed by atoms with Gasteiger partial charge in [-0.15, -0.1) is 0 Å². The summed E-state index contributed by atoms with van der Waals surface area (Å²) >= 11 is 0. The Kier molecular flexibility index (Phi) is 3.94. The van der Waals surface area contributed by atoms with Crippen molar-refractivity contribution in [3.8, 4) is 0 Å². The molecule has 3 aliphatic heterocycles. The summed E-state index contributed by atoms with van der Waals surface area (Å²) in [5.41, 5.74) is -0.905. The van der Waals surface area contributed by atoms with E-state index in [1.165, 1.54) is 4.90 Å². The molecule has 0 aliphatic carbocycles. The van der Waals surface area contributed by atoms with Crippen molar-refractivity contribution < 1.29 is 24.2 Å². The number of amides is 3. The predicted octanol–water partition coefficient (Wildman–Crippen LogP) is -1.07. The molecule has 0 aromatic rings. The molecule has 2 atom stereocenters. The third kappa shape index (κ3) is 2.51. The van der Waals surface area contributed by atoms with Crippen molar-refractivity contribution in [2.24, 2.45) is 5.41 Å². The summed E-state index contributed by atoms with van der Waals surface area (Å²) in [5.74, 6) is -0.382. The number of likely N-dealkylation sites (tertiary alicyclic amines) is 1. The largest absolute Gasteiger partial charge is 0.448 e. The van der Waals surface area contributed by atoms with Crippen LogP contribution in [0, 0.1) is 5.41 Å². The maximum Gasteiger partial charge on any atom is 0.410 e. The normalized spacial score (nSPS) is 32.1. The molecule has 8 nitrogen and oxygen atoms in total. The molecule has 2 N–H and O–H groups in total. The van der Waals surface area contributed by atoms with E-state index in [1.54, 1.807) is 4.90 Å². The molecular weight excluding hydrogens is 290 g/mol. The SMILES string of the molecule is O=C(CN1CCOC1=O)N1CC[C@H](O)[C@@]2(CCCNC2=O)C1. The summed E-state index contributed by atoms with van der Waals surface area (Å²) in [7, 11) is 0. The van der Waals surface area contributed by atoms with Crippen LogP contribution in [0.15, 0.2) is 0 Å². The number of nitrogens with one attached hydrogen (secondary N) is 1. The fourth-order valence-corrected chi connectivity index (χ4v) is 3.49. The lowest BCUT2D eigenvalue weighted by atomic mass is 9.71. The number of aliphatic hydroxyl groups excluding tert-OH is 1. The Hall–Kier alpha value is -1.83. The van der Waals surface area contributed by atoms with Crippen molar-refractivity contribution in [2.45, 2.75) is 25.4 Å². The number of carbonyl (C=O) groups is 3. The van der Waals surface area contributed by atoms with Crippen LogP contribution in [0.4, 0.5) is 4.79 Å². The van der Waals surface area contributed by atoms with Gasteiger partial charge in [-0.1, -0.05) is 0 Å². The Morgan fingerprint density at radius 3 is 2.91 bits per heavy atom. The standard InChI is InChI=1S/C14H21N3O5/c18-10-2-5-17(9-14(10)3-1-4-15-12(14)20)11(19)8-16-6-7-22-13(16)21/h10,18H,1-9H2,(H,15,20)/t10-,14+/m0/s1. The van der Waals surface area contributed by atoms with E-state index in [4.69, 9.17) is 4.74 Å². The van der Waals surface area contributed by atoms with Gasteiger partial charge < -0.3 is 20.1 Å². The van der Waals surface area contributed by atoms with Crippen molar-refractivity contribution in [2.75, 3.05) is 39.3 Å². The van der Waals surface area contributed by atoms with E-state index in [0.717, 1.165) is 6.42 Å². The first-order chi connectivity index (χ1) is 10.5. The molecule has 8 heteroatoms. The van der Waals surface area contributed by atoms with Crippen LogP contribution >= 0.6 is 0 Å². The van der Waals surface area contributed by atoms with Crippen LogP contribution in [0.25, 0.3) is 0 Å². The summed E-state index contributed by atoms with van der Waals surface area (Å²) < 4.78 is 4.81. The van der Waals surface area contributed by atoms with Gasteiger partial charge >= 0.3 is 6.09 Å². The second-order valence-corrected chi connectivity index (χ2v) is 6.17. The van der Waals surface area contributed by atoms with Crippen molar-refractivity contribution in [3.05, 3.63) is 0 Å². The van der Waals surface area contributed by atoms with Crippen molar-refractivity contribution in [3.63, 3.8) is 0 Å². The molecule has 3 heterocycles. The zero-order chi connectivity index (χ0) is 15.7. The van der Waals surface area contributed by atoms with Crippen LogP contribution in [0.2, 0.25) is 0 Å². The molecule has 122 valence electrons. The number of aliphatic hydroxyl groups is 1. The first-order valence-corrected chi connectivity index (χ1v) is 7.69. The topological polar surface area (TPSA) is 99.2 Å². The fraction of sp³-hybridized carbons (Fsp3) is 0.786. The predicted molar refractivity (Wildman–Crippen MR) is 74.8 cm³/mol. The van der Waals surface area contributed by atoms with E-state index in [2.05, 4.69) is 5.32 Å². The van der Waals surface area contributed by atoms with Gasteiger partial charge in [0.05, 0.1) is 18.1 Å². The molecule has 3 fully saturated rings. The quantitative estimate of drug-likeness (QED) is 0.676. The highest BCUT2D eigenvalue weighted by Gasteiger charge is 2.50. The number of hydrogen-bond donors (Lipinski definition) is 2. The number of nitrogens with zero attached hydrogens (tertiary/aromatic N) is 2. The van der Waals surface area contributed by atoms with Crippen molar-refractivity contribution >= 4 is 17.9 Å². The maximum atomic E-state index is 12.4. The molecule has 0 aromatic heterocycles. The molecule has 3 rings (SSSR count). The molecule has 0 aromatic carbocycles. The minimum atomic E-state index is -0.905. The monoisotopic (exact) mass is 311 g/mol. The molecule has 3 aliphatic rings. The fourth-order valence-electron chi connectivity index (χ4n) is 3.49. The van der Waals surface area contributed by atoms with E-state index in [-0.39, 0.29) is 24.9 Å². The van der Waals surface area contributed by atoms with Gasteiger partial charge in [0.2, 0.25) is 11.8 Å². The third-order valence-corrected chi connectivity index (χ3v) is 4.84. The minimum absolute atomic E-state index is 0.0351. The van der Waals surface area contributed by atoms with Gasteiger partial charge in [0, 0.05) is 19.6 Å². The number of cyclic esters (lactones) is 1. The highest BCUT2D eigenvalue weighted by Crippen LogP contribution is 2.37. The second kappa shape index (κ2) is 5.75. The molecule has 0 saturated carbocycles. The molecule has 0 bridgehead atoms. The molecule has 0 unspecified atom stereocenters. The van der Waals surface area contributed by atoms with Gasteiger partial charge in [-0.3, -0.25) is 14.5 Å². The van der Waals surface area contributed by atoms with Crippen LogP contribution in [0.3, 0.4) is 0 Å². The Labute approximate surface area is 128 Å². The highest BCUT2D eigenvalue weighted by molar-refractivity contribution is 5.87. The summed E-state index contributed by atoms with van der Waals surface area (Å²) in [6, 6.07) is 0. The molecule has 3 amide bonds. The lowest BCUT2D eigenvalue weighted by Crippen LogP contribution is -2.62. The van der Waals surface area contributed by atoms with Crippen molar-refractivity contribution in [1.82, 2.24) is 15.1 Å². The molecule has 1 spiro atoms. The van der Waals surface area contributed by atoms with Gasteiger partial charge in [0.1, 0.15) is 13.2 Å². The Bertz CT molecular complexity index is 497. The zero-order valence-corrected chi connectivity index (χ0v) is 12.4. The number of piperidine rings is 2. The summed E-state index contributed by atoms with van der Waals surface area (Å²) in [5, 5.41) is 13.1.